The first-order valence-corrected chi connectivity index (χ1v) is 9.49. The van der Waals surface area contributed by atoms with E-state index in [-0.39, 0.29) is 16.2 Å². The fourth-order valence-corrected chi connectivity index (χ4v) is 4.16. The van der Waals surface area contributed by atoms with Gasteiger partial charge in [0.2, 0.25) is 5.91 Å². The van der Waals surface area contributed by atoms with Crippen molar-refractivity contribution in [2.75, 3.05) is 13.2 Å². The molecule has 1 atom stereocenters. The van der Waals surface area contributed by atoms with Crippen molar-refractivity contribution in [2.45, 2.75) is 36.0 Å². The molecule has 1 fully saturated rings. The molecule has 5 nitrogen and oxygen atoms in total. The van der Waals surface area contributed by atoms with Gasteiger partial charge in [0.05, 0.1) is 12.5 Å². The molecule has 0 radical (unpaired) electrons. The van der Waals surface area contributed by atoms with Crippen molar-refractivity contribution in [3.63, 3.8) is 0 Å². The summed E-state index contributed by atoms with van der Waals surface area (Å²) in [5.41, 5.74) is 0. The van der Waals surface area contributed by atoms with Gasteiger partial charge in [-0.1, -0.05) is 0 Å². The molecule has 1 aromatic heterocycles. The highest BCUT2D eigenvalue weighted by molar-refractivity contribution is 8.15. The summed E-state index contributed by atoms with van der Waals surface area (Å²) in [4.78, 5) is 12.5. The van der Waals surface area contributed by atoms with Crippen LogP contribution in [0.25, 0.3) is 0 Å². The van der Waals surface area contributed by atoms with Crippen LogP contribution in [0.15, 0.2) is 16.3 Å². The average molecular weight is 338 g/mol. The zero-order chi connectivity index (χ0) is 14.6. The first kappa shape index (κ1) is 15.8. The van der Waals surface area contributed by atoms with E-state index in [0.29, 0.717) is 19.4 Å². The van der Waals surface area contributed by atoms with Crippen LogP contribution in [0.3, 0.4) is 0 Å². The minimum Gasteiger partial charge on any atom is -0.378 e. The highest BCUT2D eigenvalue weighted by Gasteiger charge is 2.18. The summed E-state index contributed by atoms with van der Waals surface area (Å²) in [6.45, 7) is 1.22. The monoisotopic (exact) mass is 337 g/mol. The lowest BCUT2D eigenvalue weighted by Crippen LogP contribution is -2.28. The Morgan fingerprint density at radius 1 is 1.50 bits per heavy atom. The van der Waals surface area contributed by atoms with Crippen molar-refractivity contribution in [3.05, 3.63) is 17.0 Å². The third kappa shape index (κ3) is 4.73. The molecule has 20 heavy (non-hydrogen) atoms. The normalized spacial score (nSPS) is 19.1. The molecule has 1 N–H and O–H groups in total. The summed E-state index contributed by atoms with van der Waals surface area (Å²) < 4.78 is 27.8. The van der Waals surface area contributed by atoms with Gasteiger partial charge in [-0.25, -0.2) is 8.42 Å². The third-order valence-corrected chi connectivity index (χ3v) is 6.25. The summed E-state index contributed by atoms with van der Waals surface area (Å²) >= 11 is 1.13. The lowest BCUT2D eigenvalue weighted by Gasteiger charge is -2.09. The van der Waals surface area contributed by atoms with Gasteiger partial charge in [-0.2, -0.15) is 0 Å². The van der Waals surface area contributed by atoms with Crippen LogP contribution < -0.4 is 5.32 Å². The number of halogens is 1. The Bertz CT molecular complexity index is 564. The molecule has 112 valence electrons. The molecule has 0 aliphatic carbocycles. The predicted molar refractivity (Wildman–Crippen MR) is 77.7 cm³/mol. The molecule has 1 aliphatic heterocycles. The molecule has 0 aromatic carbocycles. The van der Waals surface area contributed by atoms with Gasteiger partial charge < -0.3 is 10.1 Å². The van der Waals surface area contributed by atoms with E-state index in [1.807, 2.05) is 0 Å². The van der Waals surface area contributed by atoms with Crippen LogP contribution in [0.5, 0.6) is 0 Å². The van der Waals surface area contributed by atoms with Gasteiger partial charge in [0.25, 0.3) is 9.05 Å². The van der Waals surface area contributed by atoms with Crippen LogP contribution in [-0.2, 0) is 25.0 Å². The van der Waals surface area contributed by atoms with Gasteiger partial charge in [-0.05, 0) is 31.4 Å². The molecular weight excluding hydrogens is 322 g/mol. The number of carbonyl (C=O) groups excluding carboxylic acids is 1. The van der Waals surface area contributed by atoms with Crippen LogP contribution in [-0.4, -0.2) is 33.6 Å². The Labute approximate surface area is 126 Å². The lowest BCUT2D eigenvalue weighted by molar-refractivity contribution is -0.123. The molecule has 0 spiro atoms. The fraction of sp³-hybridized carbons (Fsp3) is 0.583. The number of thiophene rings is 1. The highest BCUT2D eigenvalue weighted by Crippen LogP contribution is 2.24. The van der Waals surface area contributed by atoms with Crippen molar-refractivity contribution in [1.29, 1.82) is 0 Å². The number of ether oxygens (including phenoxy) is 1. The van der Waals surface area contributed by atoms with Crippen LogP contribution >= 0.6 is 22.0 Å². The van der Waals surface area contributed by atoms with Crippen LogP contribution in [0.4, 0.5) is 0 Å². The van der Waals surface area contributed by atoms with E-state index in [4.69, 9.17) is 15.4 Å². The minimum atomic E-state index is -3.65. The molecule has 2 rings (SSSR count). The highest BCUT2D eigenvalue weighted by atomic mass is 35.7. The van der Waals surface area contributed by atoms with E-state index in [9.17, 15) is 13.2 Å². The average Bonchev–Trinajstić information content (AvgIpc) is 2.98. The van der Waals surface area contributed by atoms with Crippen LogP contribution in [0, 0.1) is 0 Å². The zero-order valence-electron chi connectivity index (χ0n) is 10.8. The Balaban J connectivity index is 1.72. The van der Waals surface area contributed by atoms with Crippen LogP contribution in [0.1, 0.15) is 24.1 Å². The first-order chi connectivity index (χ1) is 9.45. The third-order valence-electron chi connectivity index (χ3n) is 3.01. The number of rotatable bonds is 6. The molecule has 1 aromatic rings. The van der Waals surface area contributed by atoms with E-state index < -0.39 is 9.05 Å². The van der Waals surface area contributed by atoms with Crippen molar-refractivity contribution in [3.8, 4) is 0 Å². The second-order valence-corrected chi connectivity index (χ2v) is 8.56. The Morgan fingerprint density at radius 2 is 2.30 bits per heavy atom. The minimum absolute atomic E-state index is 0.0290. The maximum Gasteiger partial charge on any atom is 0.270 e. The van der Waals surface area contributed by atoms with Gasteiger partial charge in [-0.3, -0.25) is 4.79 Å². The number of nitrogens with one attached hydrogen (secondary N) is 1. The van der Waals surface area contributed by atoms with Gasteiger partial charge in [-0.15, -0.1) is 11.3 Å². The van der Waals surface area contributed by atoms with Crippen molar-refractivity contribution in [2.24, 2.45) is 0 Å². The molecular formula is C12H16ClNO4S2. The molecule has 0 bridgehead atoms. The second kappa shape index (κ2) is 6.89. The standard InChI is InChI=1S/C12H16ClNO4S2/c13-20(16,17)12-4-3-10(19-12)5-6-14-11(15)8-9-2-1-7-18-9/h3-4,9H,1-2,5-8H2,(H,14,15). The molecule has 8 heteroatoms. The molecule has 1 unspecified atom stereocenters. The maximum absolute atomic E-state index is 11.6. The summed E-state index contributed by atoms with van der Waals surface area (Å²) in [6.07, 6.45) is 2.99. The predicted octanol–water partition coefficient (Wildman–Crippen LogP) is 1.90. The molecule has 2 heterocycles. The number of hydrogen-bond acceptors (Lipinski definition) is 5. The Hall–Kier alpha value is -0.630. The quantitative estimate of drug-likeness (QED) is 0.805. The number of amides is 1. The Morgan fingerprint density at radius 3 is 2.90 bits per heavy atom. The maximum atomic E-state index is 11.6. The van der Waals surface area contributed by atoms with Crippen LogP contribution in [0.2, 0.25) is 0 Å². The fourth-order valence-electron chi connectivity index (χ4n) is 2.03. The smallest absolute Gasteiger partial charge is 0.270 e. The summed E-state index contributed by atoms with van der Waals surface area (Å²) in [5.74, 6) is -0.0290. The Kier molecular flexibility index (Phi) is 5.42. The largest absolute Gasteiger partial charge is 0.378 e. The molecule has 1 saturated heterocycles. The van der Waals surface area contributed by atoms with Gasteiger partial charge in [0.15, 0.2) is 0 Å². The van der Waals surface area contributed by atoms with Crippen molar-refractivity contribution < 1.29 is 17.9 Å². The first-order valence-electron chi connectivity index (χ1n) is 6.37. The number of hydrogen-bond donors (Lipinski definition) is 1. The topological polar surface area (TPSA) is 72.5 Å². The lowest BCUT2D eigenvalue weighted by atomic mass is 10.2. The molecule has 1 aliphatic rings. The summed E-state index contributed by atoms with van der Waals surface area (Å²) in [7, 11) is 1.60. The SMILES string of the molecule is O=C(CC1CCCO1)NCCc1ccc(S(=O)(=O)Cl)s1. The van der Waals surface area contributed by atoms with E-state index in [1.54, 1.807) is 6.07 Å². The van der Waals surface area contributed by atoms with Crippen molar-refractivity contribution >= 4 is 37.0 Å². The van der Waals surface area contributed by atoms with E-state index in [1.165, 1.54) is 6.07 Å². The van der Waals surface area contributed by atoms with Gasteiger partial charge in [0, 0.05) is 28.7 Å². The molecule has 1 amide bonds. The summed E-state index contributed by atoms with van der Waals surface area (Å²) in [5, 5.41) is 2.81. The van der Waals surface area contributed by atoms with E-state index in [2.05, 4.69) is 5.32 Å². The van der Waals surface area contributed by atoms with Gasteiger partial charge in [0.1, 0.15) is 4.21 Å². The van der Waals surface area contributed by atoms with Gasteiger partial charge >= 0.3 is 0 Å². The van der Waals surface area contributed by atoms with E-state index >= 15 is 0 Å². The van der Waals surface area contributed by atoms with E-state index in [0.717, 1.165) is 35.7 Å². The number of carbonyl (C=O) groups is 1. The zero-order valence-corrected chi connectivity index (χ0v) is 13.2. The molecule has 0 saturated carbocycles. The van der Waals surface area contributed by atoms with Crippen molar-refractivity contribution in [1.82, 2.24) is 5.32 Å². The second-order valence-electron chi connectivity index (χ2n) is 4.60. The summed E-state index contributed by atoms with van der Waals surface area (Å²) in [6, 6.07) is 3.20.